The van der Waals surface area contributed by atoms with Crippen LogP contribution in [-0.4, -0.2) is 24.6 Å². The van der Waals surface area contributed by atoms with Crippen LogP contribution >= 0.6 is 0 Å². The number of hydrogen-bond acceptors (Lipinski definition) is 3. The van der Waals surface area contributed by atoms with Gasteiger partial charge in [0.05, 0.1) is 12.1 Å². The molecule has 0 fully saturated rings. The smallest absolute Gasteiger partial charge is 0.237 e. The minimum absolute atomic E-state index is 0.347. The van der Waals surface area contributed by atoms with Crippen LogP contribution in [0.4, 0.5) is 0 Å². The van der Waals surface area contributed by atoms with Gasteiger partial charge in [-0.25, -0.2) is 0 Å². The molecule has 1 amide bonds. The third-order valence-corrected chi connectivity index (χ3v) is 4.04. The van der Waals surface area contributed by atoms with E-state index < -0.39 is 5.54 Å². The summed E-state index contributed by atoms with van der Waals surface area (Å²) in [7, 11) is 0. The van der Waals surface area contributed by atoms with Crippen molar-refractivity contribution in [1.82, 2.24) is 5.32 Å². The second-order valence-corrected chi connectivity index (χ2v) is 5.70. The summed E-state index contributed by atoms with van der Waals surface area (Å²) in [5.41, 5.74) is 6.05. The lowest BCUT2D eigenvalue weighted by Gasteiger charge is -2.26. The number of benzene rings is 1. The first-order valence-electron chi connectivity index (χ1n) is 7.70. The Morgan fingerprint density at radius 1 is 1.33 bits per heavy atom. The van der Waals surface area contributed by atoms with Crippen molar-refractivity contribution in [1.29, 1.82) is 0 Å². The van der Waals surface area contributed by atoms with Crippen molar-refractivity contribution in [2.24, 2.45) is 5.73 Å². The lowest BCUT2D eigenvalue weighted by atomic mass is 9.97. The molecular formula is C17H28N2O2. The van der Waals surface area contributed by atoms with Crippen LogP contribution in [0.1, 0.15) is 52.0 Å². The Balaban J connectivity index is 2.53. The van der Waals surface area contributed by atoms with Crippen molar-refractivity contribution >= 4 is 5.91 Å². The van der Waals surface area contributed by atoms with Crippen LogP contribution in [-0.2, 0) is 4.79 Å². The van der Waals surface area contributed by atoms with Crippen molar-refractivity contribution < 1.29 is 9.53 Å². The van der Waals surface area contributed by atoms with Gasteiger partial charge in [-0.15, -0.1) is 0 Å². The fraction of sp³-hybridized carbons (Fsp3) is 0.588. The van der Waals surface area contributed by atoms with Gasteiger partial charge in [0.2, 0.25) is 5.91 Å². The maximum absolute atomic E-state index is 11.5. The minimum atomic E-state index is -0.717. The Morgan fingerprint density at radius 2 is 1.95 bits per heavy atom. The molecule has 0 aliphatic rings. The maximum atomic E-state index is 11.5. The first-order valence-corrected chi connectivity index (χ1v) is 7.70. The average Bonchev–Trinajstić information content (AvgIpc) is 2.47. The van der Waals surface area contributed by atoms with Crippen LogP contribution < -0.4 is 15.8 Å². The normalized spacial score (nSPS) is 15.2. The Kier molecular flexibility index (Phi) is 6.69. The van der Waals surface area contributed by atoms with E-state index in [4.69, 9.17) is 10.5 Å². The SMILES string of the molecule is CCNC(C)(CCOc1ccc(C(C)CC)cc1)C(N)=O. The number of likely N-dealkylation sites (N-methyl/N-ethyl adjacent to an activating group) is 1. The van der Waals surface area contributed by atoms with Gasteiger partial charge in [0.25, 0.3) is 0 Å². The van der Waals surface area contributed by atoms with Crippen molar-refractivity contribution in [3.63, 3.8) is 0 Å². The summed E-state index contributed by atoms with van der Waals surface area (Å²) in [6, 6.07) is 8.16. The molecule has 0 spiro atoms. The third kappa shape index (κ3) is 5.05. The second-order valence-electron chi connectivity index (χ2n) is 5.70. The Labute approximate surface area is 128 Å². The topological polar surface area (TPSA) is 64.3 Å². The average molecular weight is 292 g/mol. The first kappa shape index (κ1) is 17.5. The Bertz CT molecular complexity index is 445. The van der Waals surface area contributed by atoms with Gasteiger partial charge in [-0.1, -0.05) is 32.9 Å². The molecule has 21 heavy (non-hydrogen) atoms. The second kappa shape index (κ2) is 8.03. The minimum Gasteiger partial charge on any atom is -0.494 e. The Morgan fingerprint density at radius 3 is 2.43 bits per heavy atom. The summed E-state index contributed by atoms with van der Waals surface area (Å²) in [6.07, 6.45) is 1.67. The number of primary amides is 1. The summed E-state index contributed by atoms with van der Waals surface area (Å²) < 4.78 is 5.72. The van der Waals surface area contributed by atoms with Gasteiger partial charge in [0, 0.05) is 6.42 Å². The summed E-state index contributed by atoms with van der Waals surface area (Å²) in [4.78, 5) is 11.5. The zero-order valence-corrected chi connectivity index (χ0v) is 13.6. The number of carbonyl (C=O) groups is 1. The predicted octanol–water partition coefficient (Wildman–Crippen LogP) is 2.82. The molecule has 3 N–H and O–H groups in total. The number of hydrogen-bond donors (Lipinski definition) is 2. The molecule has 1 aromatic rings. The van der Waals surface area contributed by atoms with Crippen LogP contribution in [0.3, 0.4) is 0 Å². The first-order chi connectivity index (χ1) is 9.92. The van der Waals surface area contributed by atoms with Gasteiger partial charge in [-0.3, -0.25) is 4.79 Å². The highest BCUT2D eigenvalue weighted by Gasteiger charge is 2.29. The van der Waals surface area contributed by atoms with E-state index in [2.05, 4.69) is 31.3 Å². The monoisotopic (exact) mass is 292 g/mol. The van der Waals surface area contributed by atoms with E-state index in [9.17, 15) is 4.79 Å². The van der Waals surface area contributed by atoms with E-state index in [1.807, 2.05) is 26.0 Å². The van der Waals surface area contributed by atoms with Gasteiger partial charge in [-0.05, 0) is 43.5 Å². The molecule has 0 saturated heterocycles. The highest BCUT2D eigenvalue weighted by atomic mass is 16.5. The third-order valence-electron chi connectivity index (χ3n) is 4.04. The van der Waals surface area contributed by atoms with Gasteiger partial charge < -0.3 is 15.8 Å². The molecule has 0 aromatic heterocycles. The number of nitrogens with two attached hydrogens (primary N) is 1. The van der Waals surface area contributed by atoms with Crippen molar-refractivity contribution in [2.45, 2.75) is 52.0 Å². The molecule has 4 nitrogen and oxygen atoms in total. The fourth-order valence-electron chi connectivity index (χ4n) is 2.19. The number of amides is 1. The quantitative estimate of drug-likeness (QED) is 0.735. The summed E-state index contributed by atoms with van der Waals surface area (Å²) >= 11 is 0. The molecule has 0 aliphatic heterocycles. The summed E-state index contributed by atoms with van der Waals surface area (Å²) in [5.74, 6) is 1.04. The summed E-state index contributed by atoms with van der Waals surface area (Å²) in [6.45, 7) is 9.31. The van der Waals surface area contributed by atoms with E-state index in [0.717, 1.165) is 12.2 Å². The van der Waals surface area contributed by atoms with Crippen molar-refractivity contribution in [2.75, 3.05) is 13.2 Å². The van der Waals surface area contributed by atoms with Crippen LogP contribution in [0, 0.1) is 0 Å². The fourth-order valence-corrected chi connectivity index (χ4v) is 2.19. The van der Waals surface area contributed by atoms with E-state index >= 15 is 0 Å². The number of rotatable bonds is 9. The zero-order valence-electron chi connectivity index (χ0n) is 13.6. The maximum Gasteiger partial charge on any atom is 0.237 e. The van der Waals surface area contributed by atoms with Gasteiger partial charge in [0.1, 0.15) is 5.75 Å². The summed E-state index contributed by atoms with van der Waals surface area (Å²) in [5, 5.41) is 3.12. The number of ether oxygens (including phenoxy) is 1. The molecule has 2 atom stereocenters. The Hall–Kier alpha value is -1.55. The van der Waals surface area contributed by atoms with E-state index in [1.54, 1.807) is 0 Å². The highest BCUT2D eigenvalue weighted by molar-refractivity contribution is 5.84. The van der Waals surface area contributed by atoms with Crippen LogP contribution in [0.15, 0.2) is 24.3 Å². The lowest BCUT2D eigenvalue weighted by Crippen LogP contribution is -2.53. The van der Waals surface area contributed by atoms with Gasteiger partial charge >= 0.3 is 0 Å². The molecule has 118 valence electrons. The van der Waals surface area contributed by atoms with Crippen molar-refractivity contribution in [3.8, 4) is 5.75 Å². The number of nitrogens with one attached hydrogen (secondary N) is 1. The predicted molar refractivity (Wildman–Crippen MR) is 86.5 cm³/mol. The van der Waals surface area contributed by atoms with Crippen molar-refractivity contribution in [3.05, 3.63) is 29.8 Å². The molecule has 4 heteroatoms. The largest absolute Gasteiger partial charge is 0.494 e. The molecule has 1 rings (SSSR count). The molecule has 0 saturated carbocycles. The van der Waals surface area contributed by atoms with Gasteiger partial charge in [-0.2, -0.15) is 0 Å². The molecule has 0 radical (unpaired) electrons. The molecule has 0 bridgehead atoms. The molecular weight excluding hydrogens is 264 g/mol. The van der Waals surface area contributed by atoms with E-state index in [1.165, 1.54) is 5.56 Å². The molecule has 0 heterocycles. The lowest BCUT2D eigenvalue weighted by molar-refractivity contribution is -0.124. The van der Waals surface area contributed by atoms with Gasteiger partial charge in [0.15, 0.2) is 0 Å². The highest BCUT2D eigenvalue weighted by Crippen LogP contribution is 2.22. The molecule has 1 aromatic carbocycles. The molecule has 0 aliphatic carbocycles. The van der Waals surface area contributed by atoms with E-state index in [0.29, 0.717) is 25.5 Å². The van der Waals surface area contributed by atoms with Crippen LogP contribution in [0.2, 0.25) is 0 Å². The number of carbonyl (C=O) groups excluding carboxylic acids is 1. The molecule has 2 unspecified atom stereocenters. The van der Waals surface area contributed by atoms with Crippen LogP contribution in [0.5, 0.6) is 5.75 Å². The van der Waals surface area contributed by atoms with E-state index in [-0.39, 0.29) is 5.91 Å². The zero-order chi connectivity index (χ0) is 15.9. The standard InChI is InChI=1S/C17H28N2O2/c1-5-13(3)14-7-9-15(10-8-14)21-12-11-17(4,16(18)20)19-6-2/h7-10,13,19H,5-6,11-12H2,1-4H3,(H2,18,20). The van der Waals surface area contributed by atoms with Crippen LogP contribution in [0.25, 0.3) is 0 Å².